The van der Waals surface area contributed by atoms with Crippen LogP contribution in [-0.2, 0) is 6.54 Å². The average molecular weight is 185 g/mol. The summed E-state index contributed by atoms with van der Waals surface area (Å²) in [5.74, 6) is 1.26. The average Bonchev–Trinajstić information content (AvgIpc) is 2.07. The van der Waals surface area contributed by atoms with E-state index in [0.717, 1.165) is 5.75 Å². The van der Waals surface area contributed by atoms with Crippen LogP contribution in [0.1, 0.15) is 0 Å². The maximum atomic E-state index is 11.1. The van der Waals surface area contributed by atoms with E-state index in [-0.39, 0.29) is 5.56 Å². The number of nitrogens with two attached hydrogens (primary N) is 1. The molecule has 1 aromatic rings. The molecule has 5 heteroatoms. The molecule has 0 saturated heterocycles. The Labute approximate surface area is 74.8 Å². The first-order valence-corrected chi connectivity index (χ1v) is 4.96. The minimum Gasteiger partial charge on any atom is -0.382 e. The molecule has 0 radical (unpaired) electrons. The highest BCUT2D eigenvalue weighted by atomic mass is 32.2. The number of aromatic nitrogens is 2. The van der Waals surface area contributed by atoms with Gasteiger partial charge in [0.25, 0.3) is 5.56 Å². The standard InChI is InChI=1S/C7H11N3OS/c1-12-5-4-10-7(11)3-2-6(8)9-10/h2-3H,4-5H2,1H3,(H2,8,9). The van der Waals surface area contributed by atoms with E-state index in [1.165, 1.54) is 16.8 Å². The van der Waals surface area contributed by atoms with E-state index >= 15 is 0 Å². The second-order valence-corrected chi connectivity index (χ2v) is 3.30. The first-order chi connectivity index (χ1) is 5.74. The Bertz CT molecular complexity index is 310. The van der Waals surface area contributed by atoms with Crippen molar-refractivity contribution in [3.63, 3.8) is 0 Å². The van der Waals surface area contributed by atoms with Gasteiger partial charge in [0.1, 0.15) is 5.82 Å². The van der Waals surface area contributed by atoms with Crippen molar-refractivity contribution in [2.24, 2.45) is 0 Å². The fourth-order valence-electron chi connectivity index (χ4n) is 0.803. The lowest BCUT2D eigenvalue weighted by atomic mass is 10.5. The fourth-order valence-corrected chi connectivity index (χ4v) is 1.16. The van der Waals surface area contributed by atoms with Crippen molar-refractivity contribution in [3.8, 4) is 0 Å². The quantitative estimate of drug-likeness (QED) is 0.730. The summed E-state index contributed by atoms with van der Waals surface area (Å²) >= 11 is 1.67. The SMILES string of the molecule is CSCCn1nc(N)ccc1=O. The second kappa shape index (κ2) is 4.15. The second-order valence-electron chi connectivity index (χ2n) is 2.31. The highest BCUT2D eigenvalue weighted by Gasteiger charge is 1.96. The number of hydrogen-bond acceptors (Lipinski definition) is 4. The number of rotatable bonds is 3. The highest BCUT2D eigenvalue weighted by molar-refractivity contribution is 7.98. The Hall–Kier alpha value is -0.970. The molecule has 66 valence electrons. The predicted octanol–water partition coefficient (Wildman–Crippen LogP) is 0.189. The van der Waals surface area contributed by atoms with Gasteiger partial charge < -0.3 is 5.73 Å². The van der Waals surface area contributed by atoms with Crippen LogP contribution >= 0.6 is 11.8 Å². The molecule has 1 heterocycles. The normalized spacial score (nSPS) is 10.1. The van der Waals surface area contributed by atoms with E-state index < -0.39 is 0 Å². The Balaban J connectivity index is 2.83. The lowest BCUT2D eigenvalue weighted by molar-refractivity contribution is 0.626. The summed E-state index contributed by atoms with van der Waals surface area (Å²) in [6.07, 6.45) is 1.98. The van der Waals surface area contributed by atoms with Crippen LogP contribution in [0.4, 0.5) is 5.82 Å². The molecule has 0 saturated carbocycles. The Morgan fingerprint density at radius 2 is 2.42 bits per heavy atom. The Morgan fingerprint density at radius 3 is 3.08 bits per heavy atom. The van der Waals surface area contributed by atoms with Gasteiger partial charge in [0.2, 0.25) is 0 Å². The predicted molar refractivity (Wildman–Crippen MR) is 51.3 cm³/mol. The number of nitrogen functional groups attached to an aromatic ring is 1. The van der Waals surface area contributed by atoms with Gasteiger partial charge in [-0.25, -0.2) is 4.68 Å². The molecule has 4 nitrogen and oxygen atoms in total. The molecule has 0 unspecified atom stereocenters. The van der Waals surface area contributed by atoms with E-state index in [9.17, 15) is 4.79 Å². The van der Waals surface area contributed by atoms with Gasteiger partial charge in [-0.1, -0.05) is 0 Å². The highest BCUT2D eigenvalue weighted by Crippen LogP contribution is 1.93. The van der Waals surface area contributed by atoms with Gasteiger partial charge >= 0.3 is 0 Å². The lowest BCUT2D eigenvalue weighted by Gasteiger charge is -2.02. The zero-order chi connectivity index (χ0) is 8.97. The van der Waals surface area contributed by atoms with Gasteiger partial charge in [-0.3, -0.25) is 4.79 Å². The first-order valence-electron chi connectivity index (χ1n) is 3.56. The van der Waals surface area contributed by atoms with Gasteiger partial charge in [-0.15, -0.1) is 0 Å². The van der Waals surface area contributed by atoms with E-state index in [2.05, 4.69) is 5.10 Å². The summed E-state index contributed by atoms with van der Waals surface area (Å²) in [5, 5.41) is 3.88. The summed E-state index contributed by atoms with van der Waals surface area (Å²) in [4.78, 5) is 11.1. The maximum absolute atomic E-state index is 11.1. The smallest absolute Gasteiger partial charge is 0.266 e. The zero-order valence-electron chi connectivity index (χ0n) is 6.86. The molecule has 0 fully saturated rings. The third-order valence-corrected chi connectivity index (χ3v) is 1.99. The molecule has 0 aliphatic carbocycles. The summed E-state index contributed by atoms with van der Waals surface area (Å²) in [6.45, 7) is 0.616. The van der Waals surface area contributed by atoms with Crippen LogP contribution in [0.25, 0.3) is 0 Å². The molecule has 0 atom stereocenters. The molecule has 1 rings (SSSR count). The molecule has 0 bridgehead atoms. The van der Waals surface area contributed by atoms with Gasteiger partial charge in [0.05, 0.1) is 6.54 Å². The minimum atomic E-state index is -0.0988. The molecule has 0 spiro atoms. The number of anilines is 1. The first kappa shape index (κ1) is 9.12. The largest absolute Gasteiger partial charge is 0.382 e. The zero-order valence-corrected chi connectivity index (χ0v) is 7.67. The Kier molecular flexibility index (Phi) is 3.16. The van der Waals surface area contributed by atoms with Crippen molar-refractivity contribution in [1.82, 2.24) is 9.78 Å². The van der Waals surface area contributed by atoms with Gasteiger partial charge in [-0.2, -0.15) is 16.9 Å². The van der Waals surface area contributed by atoms with Crippen LogP contribution in [0.5, 0.6) is 0 Å². The number of aryl methyl sites for hydroxylation is 1. The van der Waals surface area contributed by atoms with Crippen molar-refractivity contribution >= 4 is 17.6 Å². The molecule has 2 N–H and O–H groups in total. The van der Waals surface area contributed by atoms with E-state index in [1.54, 1.807) is 11.8 Å². The number of hydrogen-bond donors (Lipinski definition) is 1. The number of thioether (sulfide) groups is 1. The molecule has 0 amide bonds. The molecular weight excluding hydrogens is 174 g/mol. The van der Waals surface area contributed by atoms with Crippen molar-refractivity contribution in [2.45, 2.75) is 6.54 Å². The monoisotopic (exact) mass is 185 g/mol. The van der Waals surface area contributed by atoms with E-state index in [0.29, 0.717) is 12.4 Å². The van der Waals surface area contributed by atoms with Crippen molar-refractivity contribution in [1.29, 1.82) is 0 Å². The van der Waals surface area contributed by atoms with E-state index in [4.69, 9.17) is 5.73 Å². The fraction of sp³-hybridized carbons (Fsp3) is 0.429. The third-order valence-electron chi connectivity index (χ3n) is 1.39. The van der Waals surface area contributed by atoms with Crippen LogP contribution in [0.3, 0.4) is 0 Å². The number of nitrogens with zero attached hydrogens (tertiary/aromatic N) is 2. The van der Waals surface area contributed by atoms with Gasteiger partial charge in [-0.05, 0) is 12.3 Å². The molecule has 1 aromatic heterocycles. The Morgan fingerprint density at radius 1 is 1.67 bits per heavy atom. The van der Waals surface area contributed by atoms with Crippen LogP contribution in [0.2, 0.25) is 0 Å². The minimum absolute atomic E-state index is 0.0988. The molecular formula is C7H11N3OS. The van der Waals surface area contributed by atoms with Crippen LogP contribution in [0.15, 0.2) is 16.9 Å². The summed E-state index contributed by atoms with van der Waals surface area (Å²) in [5.41, 5.74) is 5.32. The molecule has 12 heavy (non-hydrogen) atoms. The third kappa shape index (κ3) is 2.27. The molecule has 0 aliphatic rings. The van der Waals surface area contributed by atoms with Crippen molar-refractivity contribution < 1.29 is 0 Å². The van der Waals surface area contributed by atoms with Gasteiger partial charge in [0.15, 0.2) is 0 Å². The summed E-state index contributed by atoms with van der Waals surface area (Å²) in [7, 11) is 0. The van der Waals surface area contributed by atoms with Gasteiger partial charge in [0, 0.05) is 11.8 Å². The van der Waals surface area contributed by atoms with Crippen molar-refractivity contribution in [3.05, 3.63) is 22.5 Å². The van der Waals surface area contributed by atoms with Crippen LogP contribution in [0, 0.1) is 0 Å². The van der Waals surface area contributed by atoms with Crippen LogP contribution in [-0.4, -0.2) is 21.8 Å². The topological polar surface area (TPSA) is 60.9 Å². The molecule has 0 aromatic carbocycles. The van der Waals surface area contributed by atoms with Crippen LogP contribution < -0.4 is 11.3 Å². The maximum Gasteiger partial charge on any atom is 0.266 e. The summed E-state index contributed by atoms with van der Waals surface area (Å²) in [6, 6.07) is 2.95. The molecule has 0 aliphatic heterocycles. The van der Waals surface area contributed by atoms with E-state index in [1.807, 2.05) is 6.26 Å². The summed E-state index contributed by atoms with van der Waals surface area (Å²) < 4.78 is 1.38. The van der Waals surface area contributed by atoms with Crippen molar-refractivity contribution in [2.75, 3.05) is 17.7 Å². The lowest BCUT2D eigenvalue weighted by Crippen LogP contribution is -2.23.